The number of hydrazine groups is 1. The summed E-state index contributed by atoms with van der Waals surface area (Å²) in [6.07, 6.45) is 0.443. The average molecular weight is 328 g/mol. The number of carbonyl (C=O) groups is 3. The summed E-state index contributed by atoms with van der Waals surface area (Å²) in [5.74, 6) is -1.17. The van der Waals surface area contributed by atoms with Gasteiger partial charge in [0, 0.05) is 26.2 Å². The van der Waals surface area contributed by atoms with Crippen LogP contribution in [0.5, 0.6) is 0 Å². The van der Waals surface area contributed by atoms with Crippen LogP contribution in [0.15, 0.2) is 35.5 Å². The molecule has 2 fully saturated rings. The van der Waals surface area contributed by atoms with Crippen LogP contribution in [0.2, 0.25) is 0 Å². The van der Waals surface area contributed by atoms with Crippen LogP contribution in [0.3, 0.4) is 0 Å². The van der Waals surface area contributed by atoms with E-state index in [4.69, 9.17) is 0 Å². The van der Waals surface area contributed by atoms with Gasteiger partial charge < -0.3 is 5.43 Å². The van der Waals surface area contributed by atoms with E-state index in [9.17, 15) is 14.4 Å². The maximum Gasteiger partial charge on any atom is 0.333 e. The van der Waals surface area contributed by atoms with Crippen LogP contribution in [0.1, 0.15) is 24.5 Å². The quantitative estimate of drug-likeness (QED) is 0.594. The number of rotatable bonds is 1. The minimum atomic E-state index is -0.624. The molecule has 2 saturated heterocycles. The number of carbonyl (C=O) groups excluding carboxylic acids is 3. The van der Waals surface area contributed by atoms with Crippen LogP contribution < -0.4 is 10.9 Å². The summed E-state index contributed by atoms with van der Waals surface area (Å²) in [5, 5.41) is 0. The molecule has 7 heteroatoms. The fourth-order valence-corrected chi connectivity index (χ4v) is 2.99. The molecule has 1 unspecified atom stereocenters. The monoisotopic (exact) mass is 328 g/mol. The van der Waals surface area contributed by atoms with Crippen molar-refractivity contribution in [3.05, 3.63) is 46.7 Å². The molecule has 0 saturated carbocycles. The van der Waals surface area contributed by atoms with E-state index in [1.54, 1.807) is 0 Å². The number of benzene rings is 1. The van der Waals surface area contributed by atoms with Gasteiger partial charge in [0.05, 0.1) is 5.54 Å². The Morgan fingerprint density at radius 1 is 1.00 bits per heavy atom. The van der Waals surface area contributed by atoms with Gasteiger partial charge in [-0.25, -0.2) is 10.2 Å². The van der Waals surface area contributed by atoms with E-state index in [2.05, 4.69) is 10.9 Å². The Bertz CT molecular complexity index is 743. The van der Waals surface area contributed by atoms with Gasteiger partial charge in [0.25, 0.3) is 11.8 Å². The number of nitrogens with one attached hydrogen (secondary N) is 2. The van der Waals surface area contributed by atoms with Crippen molar-refractivity contribution in [1.29, 1.82) is 0 Å². The first-order valence-electron chi connectivity index (χ1n) is 7.68. The van der Waals surface area contributed by atoms with Crippen molar-refractivity contribution in [2.75, 3.05) is 14.1 Å². The Labute approximate surface area is 140 Å². The molecule has 2 N–H and O–H groups in total. The molecule has 1 aromatic carbocycles. The van der Waals surface area contributed by atoms with Crippen LogP contribution in [0.25, 0.3) is 0 Å². The average Bonchev–Trinajstić information content (AvgIpc) is 2.95. The lowest BCUT2D eigenvalue weighted by molar-refractivity contribution is -0.134. The Balaban J connectivity index is 1.97. The summed E-state index contributed by atoms with van der Waals surface area (Å²) in [7, 11) is 2.74. The molecule has 2 aliphatic heterocycles. The van der Waals surface area contributed by atoms with E-state index in [1.807, 2.05) is 38.1 Å². The number of hydrogen-bond donors (Lipinski definition) is 2. The van der Waals surface area contributed by atoms with E-state index < -0.39 is 23.4 Å². The first-order chi connectivity index (χ1) is 11.2. The fourth-order valence-electron chi connectivity index (χ4n) is 2.99. The molecule has 4 amide bonds. The highest BCUT2D eigenvalue weighted by Gasteiger charge is 2.43. The summed E-state index contributed by atoms with van der Waals surface area (Å²) in [6.45, 7) is 4.01. The van der Waals surface area contributed by atoms with Crippen molar-refractivity contribution in [2.45, 2.75) is 25.8 Å². The molecule has 2 aliphatic rings. The maximum absolute atomic E-state index is 12.4. The molecule has 0 aliphatic carbocycles. The topological polar surface area (TPSA) is 81.8 Å². The van der Waals surface area contributed by atoms with E-state index in [1.165, 1.54) is 14.1 Å². The van der Waals surface area contributed by atoms with Gasteiger partial charge in [-0.05, 0) is 19.4 Å². The molecule has 3 rings (SSSR count). The Hall–Kier alpha value is -2.67. The Morgan fingerprint density at radius 2 is 1.54 bits per heavy atom. The van der Waals surface area contributed by atoms with Crippen LogP contribution in [-0.4, -0.2) is 41.7 Å². The zero-order chi connectivity index (χ0) is 17.6. The van der Waals surface area contributed by atoms with Gasteiger partial charge in [-0.15, -0.1) is 0 Å². The molecule has 1 atom stereocenters. The molecule has 7 nitrogen and oxygen atoms in total. The predicted octanol–water partition coefficient (Wildman–Crippen LogP) is 1.01. The second-order valence-electron chi connectivity index (χ2n) is 6.49. The lowest BCUT2D eigenvalue weighted by Gasteiger charge is -2.29. The summed E-state index contributed by atoms with van der Waals surface area (Å²) in [4.78, 5) is 38.5. The third kappa shape index (κ3) is 2.37. The molecule has 0 spiro atoms. The van der Waals surface area contributed by atoms with Crippen molar-refractivity contribution in [3.63, 3.8) is 0 Å². The van der Waals surface area contributed by atoms with Gasteiger partial charge in [0.1, 0.15) is 5.57 Å². The molecule has 0 radical (unpaired) electrons. The van der Waals surface area contributed by atoms with Gasteiger partial charge in [-0.2, -0.15) is 0 Å². The normalized spacial score (nSPS) is 24.8. The lowest BCUT2D eigenvalue weighted by Crippen LogP contribution is -2.53. The Kier molecular flexibility index (Phi) is 3.68. The minimum absolute atomic E-state index is 0.00272. The van der Waals surface area contributed by atoms with Crippen molar-refractivity contribution < 1.29 is 14.4 Å². The number of barbiturate groups is 1. The van der Waals surface area contributed by atoms with Gasteiger partial charge in [-0.3, -0.25) is 19.4 Å². The number of urea groups is 1. The summed E-state index contributed by atoms with van der Waals surface area (Å²) < 4.78 is 0. The van der Waals surface area contributed by atoms with E-state index >= 15 is 0 Å². The highest BCUT2D eigenvalue weighted by molar-refractivity contribution is 6.28. The van der Waals surface area contributed by atoms with Crippen molar-refractivity contribution >= 4 is 17.8 Å². The summed E-state index contributed by atoms with van der Waals surface area (Å²) in [6, 6.07) is 7.45. The first-order valence-corrected chi connectivity index (χ1v) is 7.68. The second kappa shape index (κ2) is 5.45. The summed E-state index contributed by atoms with van der Waals surface area (Å²) in [5.41, 5.74) is 8.39. The number of likely N-dealkylation sites (N-methyl/N-ethyl adjacent to an activating group) is 2. The smallest absolute Gasteiger partial charge is 0.324 e. The largest absolute Gasteiger partial charge is 0.333 e. The van der Waals surface area contributed by atoms with Crippen LogP contribution in [0.4, 0.5) is 4.79 Å². The minimum Gasteiger partial charge on any atom is -0.324 e. The third-order valence-corrected chi connectivity index (χ3v) is 4.62. The van der Waals surface area contributed by atoms with Gasteiger partial charge in [0.2, 0.25) is 0 Å². The zero-order valence-electron chi connectivity index (χ0n) is 14.1. The van der Waals surface area contributed by atoms with E-state index in [0.29, 0.717) is 12.1 Å². The molecule has 24 heavy (non-hydrogen) atoms. The van der Waals surface area contributed by atoms with E-state index in [-0.39, 0.29) is 5.57 Å². The third-order valence-electron chi connectivity index (χ3n) is 4.62. The molecule has 1 aromatic rings. The van der Waals surface area contributed by atoms with Crippen LogP contribution in [-0.2, 0) is 15.1 Å². The standard InChI is InChI=1S/C17H20N4O3/c1-10-5-7-11(8-6-10)17(2)9-12(18-19-17)13-14(22)20(3)16(24)21(4)15(13)23/h5-8,18-19H,9H2,1-4H3. The molecule has 126 valence electrons. The summed E-state index contributed by atoms with van der Waals surface area (Å²) >= 11 is 0. The van der Waals surface area contributed by atoms with Gasteiger partial charge >= 0.3 is 6.03 Å². The van der Waals surface area contributed by atoms with Crippen molar-refractivity contribution in [2.24, 2.45) is 0 Å². The highest BCUT2D eigenvalue weighted by Crippen LogP contribution is 2.33. The molecular formula is C17H20N4O3. The molecule has 0 aromatic heterocycles. The van der Waals surface area contributed by atoms with Crippen molar-refractivity contribution in [3.8, 4) is 0 Å². The molecule has 2 heterocycles. The van der Waals surface area contributed by atoms with Crippen LogP contribution in [0, 0.1) is 6.92 Å². The van der Waals surface area contributed by atoms with E-state index in [0.717, 1.165) is 20.9 Å². The maximum atomic E-state index is 12.4. The Morgan fingerprint density at radius 3 is 2.08 bits per heavy atom. The van der Waals surface area contributed by atoms with Crippen LogP contribution >= 0.6 is 0 Å². The number of hydrogen-bond acceptors (Lipinski definition) is 5. The number of aryl methyl sites for hydroxylation is 1. The number of imide groups is 2. The lowest BCUT2D eigenvalue weighted by atomic mass is 9.88. The first kappa shape index (κ1) is 16.2. The number of nitrogens with zero attached hydrogens (tertiary/aromatic N) is 2. The van der Waals surface area contributed by atoms with Gasteiger partial charge in [-0.1, -0.05) is 29.8 Å². The molecular weight excluding hydrogens is 308 g/mol. The van der Waals surface area contributed by atoms with Crippen molar-refractivity contribution in [1.82, 2.24) is 20.7 Å². The molecule has 0 bridgehead atoms. The second-order valence-corrected chi connectivity index (χ2v) is 6.49. The SMILES string of the molecule is Cc1ccc(C2(C)CC(=C3C(=O)N(C)C(=O)N(C)C3=O)NN2)cc1. The predicted molar refractivity (Wildman–Crippen MR) is 87.4 cm³/mol. The fraction of sp³-hybridized carbons (Fsp3) is 0.353. The number of amides is 4. The van der Waals surface area contributed by atoms with Gasteiger partial charge in [0.15, 0.2) is 0 Å². The highest BCUT2D eigenvalue weighted by atomic mass is 16.2. The zero-order valence-corrected chi connectivity index (χ0v) is 14.1.